The standard InChI is InChI=1S/C16H18Cl2O4S/c1-2-22-16(19)13-5-3-4-6-15(13)23(20,21)10-11-7-8-12(17)9-14(11)18/h5,7-9,15H,2-4,6,10H2,1H3. The van der Waals surface area contributed by atoms with Crippen molar-refractivity contribution in [3.63, 3.8) is 0 Å². The molecule has 0 bridgehead atoms. The van der Waals surface area contributed by atoms with Crippen LogP contribution in [0.1, 0.15) is 31.7 Å². The Morgan fingerprint density at radius 3 is 2.74 bits per heavy atom. The number of carbonyl (C=O) groups excluding carboxylic acids is 1. The van der Waals surface area contributed by atoms with Crippen molar-refractivity contribution in [3.05, 3.63) is 45.5 Å². The van der Waals surface area contributed by atoms with Crippen LogP contribution < -0.4 is 0 Å². The molecule has 0 amide bonds. The Bertz CT molecular complexity index is 726. The second kappa shape index (κ2) is 7.69. The van der Waals surface area contributed by atoms with Gasteiger partial charge in [0.25, 0.3) is 0 Å². The highest BCUT2D eigenvalue weighted by molar-refractivity contribution is 7.91. The van der Waals surface area contributed by atoms with Gasteiger partial charge in [-0.2, -0.15) is 0 Å². The van der Waals surface area contributed by atoms with E-state index in [2.05, 4.69) is 0 Å². The molecule has 1 aliphatic rings. The van der Waals surface area contributed by atoms with Crippen molar-refractivity contribution < 1.29 is 17.9 Å². The van der Waals surface area contributed by atoms with Gasteiger partial charge in [0.15, 0.2) is 9.84 Å². The number of halogens is 2. The van der Waals surface area contributed by atoms with Gasteiger partial charge >= 0.3 is 5.97 Å². The Balaban J connectivity index is 2.28. The summed E-state index contributed by atoms with van der Waals surface area (Å²) in [6, 6.07) is 4.71. The van der Waals surface area contributed by atoms with Gasteiger partial charge < -0.3 is 4.74 Å². The van der Waals surface area contributed by atoms with Crippen LogP contribution in [0.4, 0.5) is 0 Å². The monoisotopic (exact) mass is 376 g/mol. The van der Waals surface area contributed by atoms with Crippen LogP contribution in [0.2, 0.25) is 10.0 Å². The number of rotatable bonds is 5. The van der Waals surface area contributed by atoms with Gasteiger partial charge in [0.1, 0.15) is 0 Å². The summed E-state index contributed by atoms with van der Waals surface area (Å²) in [6.07, 6.45) is 3.49. The van der Waals surface area contributed by atoms with Crippen LogP contribution in [0, 0.1) is 0 Å². The molecule has 0 N–H and O–H groups in total. The van der Waals surface area contributed by atoms with Crippen molar-refractivity contribution in [2.75, 3.05) is 6.61 Å². The fraction of sp³-hybridized carbons (Fsp3) is 0.438. The zero-order chi connectivity index (χ0) is 17.0. The number of sulfone groups is 1. The summed E-state index contributed by atoms with van der Waals surface area (Å²) in [7, 11) is -3.58. The highest BCUT2D eigenvalue weighted by Gasteiger charge is 2.35. The fourth-order valence-corrected chi connectivity index (χ4v) is 5.15. The molecule has 1 aromatic rings. The maximum atomic E-state index is 12.8. The van der Waals surface area contributed by atoms with Gasteiger partial charge in [0.05, 0.1) is 23.2 Å². The van der Waals surface area contributed by atoms with E-state index in [1.54, 1.807) is 25.1 Å². The predicted octanol–water partition coefficient (Wildman–Crippen LogP) is 3.95. The van der Waals surface area contributed by atoms with E-state index in [4.69, 9.17) is 27.9 Å². The van der Waals surface area contributed by atoms with Crippen LogP contribution in [-0.2, 0) is 25.1 Å². The van der Waals surface area contributed by atoms with Crippen molar-refractivity contribution in [1.82, 2.24) is 0 Å². The normalized spacial score (nSPS) is 18.4. The fourth-order valence-electron chi connectivity index (χ4n) is 2.61. The first kappa shape index (κ1) is 18.3. The number of carbonyl (C=O) groups is 1. The highest BCUT2D eigenvalue weighted by atomic mass is 35.5. The SMILES string of the molecule is CCOC(=O)C1=CCCCC1S(=O)(=O)Cc1ccc(Cl)cc1Cl. The van der Waals surface area contributed by atoms with Gasteiger partial charge in [0.2, 0.25) is 0 Å². The average Bonchev–Trinajstić information content (AvgIpc) is 2.50. The molecule has 1 unspecified atom stereocenters. The van der Waals surface area contributed by atoms with Crippen molar-refractivity contribution in [1.29, 1.82) is 0 Å². The number of ether oxygens (including phenoxy) is 1. The minimum Gasteiger partial charge on any atom is -0.463 e. The Labute approximate surface area is 146 Å². The number of benzene rings is 1. The Morgan fingerprint density at radius 1 is 1.35 bits per heavy atom. The first-order chi connectivity index (χ1) is 10.8. The van der Waals surface area contributed by atoms with E-state index in [0.29, 0.717) is 28.5 Å². The van der Waals surface area contributed by atoms with E-state index in [-0.39, 0.29) is 17.9 Å². The molecular weight excluding hydrogens is 359 g/mol. The largest absolute Gasteiger partial charge is 0.463 e. The van der Waals surface area contributed by atoms with Crippen LogP contribution in [0.15, 0.2) is 29.8 Å². The molecule has 0 spiro atoms. The van der Waals surface area contributed by atoms with Gasteiger partial charge in [-0.3, -0.25) is 0 Å². The van der Waals surface area contributed by atoms with Crippen molar-refractivity contribution >= 4 is 39.0 Å². The minimum absolute atomic E-state index is 0.214. The Hall–Kier alpha value is -1.04. The molecule has 0 saturated heterocycles. The van der Waals surface area contributed by atoms with Crippen LogP contribution in [0.25, 0.3) is 0 Å². The van der Waals surface area contributed by atoms with Crippen molar-refractivity contribution in [2.45, 2.75) is 37.2 Å². The molecule has 0 aromatic heterocycles. The van der Waals surface area contributed by atoms with Gasteiger partial charge in [0, 0.05) is 10.0 Å². The number of allylic oxidation sites excluding steroid dienone is 1. The Kier molecular flexibility index (Phi) is 6.12. The summed E-state index contributed by atoms with van der Waals surface area (Å²) in [6.45, 7) is 1.91. The lowest BCUT2D eigenvalue weighted by Gasteiger charge is -2.23. The topological polar surface area (TPSA) is 60.4 Å². The molecule has 2 rings (SSSR count). The summed E-state index contributed by atoms with van der Waals surface area (Å²) in [5, 5.41) is -0.0958. The van der Waals surface area contributed by atoms with E-state index < -0.39 is 21.1 Å². The third-order valence-electron chi connectivity index (χ3n) is 3.70. The van der Waals surface area contributed by atoms with E-state index in [0.717, 1.165) is 6.42 Å². The third kappa shape index (κ3) is 4.49. The summed E-state index contributed by atoms with van der Waals surface area (Å²) in [5.41, 5.74) is 0.716. The van der Waals surface area contributed by atoms with Crippen molar-refractivity contribution in [3.8, 4) is 0 Å². The quantitative estimate of drug-likeness (QED) is 0.729. The predicted molar refractivity (Wildman–Crippen MR) is 91.4 cm³/mol. The molecular formula is C16H18Cl2O4S. The molecule has 0 saturated carbocycles. The molecule has 0 fully saturated rings. The van der Waals surface area contributed by atoms with E-state index in [1.165, 1.54) is 6.07 Å². The zero-order valence-electron chi connectivity index (χ0n) is 12.7. The van der Waals surface area contributed by atoms with Gasteiger partial charge in [-0.25, -0.2) is 13.2 Å². The number of hydrogen-bond donors (Lipinski definition) is 0. The maximum absolute atomic E-state index is 12.8. The lowest BCUT2D eigenvalue weighted by molar-refractivity contribution is -0.138. The number of esters is 1. The summed E-state index contributed by atoms with van der Waals surface area (Å²) in [4.78, 5) is 12.0. The smallest absolute Gasteiger partial charge is 0.335 e. The lowest BCUT2D eigenvalue weighted by atomic mass is 9.99. The van der Waals surface area contributed by atoms with Crippen LogP contribution in [0.3, 0.4) is 0 Å². The molecule has 7 heteroatoms. The van der Waals surface area contributed by atoms with Gasteiger partial charge in [-0.1, -0.05) is 35.3 Å². The van der Waals surface area contributed by atoms with Gasteiger partial charge in [-0.15, -0.1) is 0 Å². The van der Waals surface area contributed by atoms with Crippen molar-refractivity contribution in [2.24, 2.45) is 0 Å². The molecule has 23 heavy (non-hydrogen) atoms. The highest BCUT2D eigenvalue weighted by Crippen LogP contribution is 2.30. The first-order valence-electron chi connectivity index (χ1n) is 7.38. The molecule has 1 atom stereocenters. The molecule has 1 aromatic carbocycles. The Morgan fingerprint density at radius 2 is 2.09 bits per heavy atom. The molecule has 0 heterocycles. The molecule has 1 aliphatic carbocycles. The third-order valence-corrected chi connectivity index (χ3v) is 6.35. The van der Waals surface area contributed by atoms with Gasteiger partial charge in [-0.05, 0) is 43.9 Å². The zero-order valence-corrected chi connectivity index (χ0v) is 15.0. The van der Waals surface area contributed by atoms with Crippen LogP contribution in [0.5, 0.6) is 0 Å². The maximum Gasteiger partial charge on any atom is 0.335 e. The molecule has 4 nitrogen and oxygen atoms in total. The average molecular weight is 377 g/mol. The summed E-state index contributed by atoms with van der Waals surface area (Å²) < 4.78 is 30.5. The second-order valence-corrected chi connectivity index (χ2v) is 8.37. The number of hydrogen-bond acceptors (Lipinski definition) is 4. The summed E-state index contributed by atoms with van der Waals surface area (Å²) >= 11 is 11.9. The molecule has 0 aliphatic heterocycles. The minimum atomic E-state index is -3.58. The van der Waals surface area contributed by atoms with E-state index >= 15 is 0 Å². The van der Waals surface area contributed by atoms with E-state index in [1.807, 2.05) is 0 Å². The second-order valence-electron chi connectivity index (χ2n) is 5.34. The molecule has 0 radical (unpaired) electrons. The van der Waals surface area contributed by atoms with E-state index in [9.17, 15) is 13.2 Å². The first-order valence-corrected chi connectivity index (χ1v) is 9.85. The summed E-state index contributed by atoms with van der Waals surface area (Å²) in [5.74, 6) is -0.785. The molecule has 126 valence electrons. The van der Waals surface area contributed by atoms with Crippen LogP contribution in [-0.4, -0.2) is 26.2 Å². The lowest BCUT2D eigenvalue weighted by Crippen LogP contribution is -2.31. The van der Waals surface area contributed by atoms with Crippen LogP contribution >= 0.6 is 23.2 Å².